The van der Waals surface area contributed by atoms with E-state index in [9.17, 15) is 8.78 Å². The summed E-state index contributed by atoms with van der Waals surface area (Å²) in [6, 6.07) is 7.23. The number of para-hydroxylation sites is 1. The lowest BCUT2D eigenvalue weighted by atomic mass is 10.2. The Morgan fingerprint density at radius 2 is 1.95 bits per heavy atom. The third-order valence-electron chi connectivity index (χ3n) is 3.05. The molecule has 2 nitrogen and oxygen atoms in total. The molecule has 0 saturated heterocycles. The first-order valence-corrected chi connectivity index (χ1v) is 7.60. The van der Waals surface area contributed by atoms with Gasteiger partial charge in [-0.05, 0) is 34.1 Å². The van der Waals surface area contributed by atoms with Crippen molar-refractivity contribution in [1.29, 1.82) is 0 Å². The summed E-state index contributed by atoms with van der Waals surface area (Å²) in [5.74, 6) is -0.577. The van der Waals surface area contributed by atoms with Crippen LogP contribution < -0.4 is 0 Å². The number of hydrogen-bond donors (Lipinski definition) is 0. The minimum atomic E-state index is -0.581. The number of fused-ring (bicyclic) bond motifs is 1. The van der Waals surface area contributed by atoms with Gasteiger partial charge in [-0.1, -0.05) is 17.7 Å². The molecule has 0 saturated carbocycles. The van der Waals surface area contributed by atoms with Crippen LogP contribution in [0.25, 0.3) is 16.7 Å². The standard InChI is InChI=1S/C14H7BrCl2F2N2/c15-7-2-1-3-9(18)14(7)21-12-4-8(17)10(19)5-11(12)20-13(21)6-16/h1-5H,6H2. The van der Waals surface area contributed by atoms with Gasteiger partial charge in [0.05, 0.1) is 27.6 Å². The molecule has 0 radical (unpaired) electrons. The molecule has 0 aliphatic rings. The maximum atomic E-state index is 14.2. The third kappa shape index (κ3) is 2.43. The number of benzene rings is 2. The Morgan fingerprint density at radius 3 is 2.62 bits per heavy atom. The van der Waals surface area contributed by atoms with E-state index in [0.717, 1.165) is 0 Å². The van der Waals surface area contributed by atoms with Gasteiger partial charge in [-0.2, -0.15) is 0 Å². The first kappa shape index (κ1) is 14.8. The highest BCUT2D eigenvalue weighted by atomic mass is 79.9. The largest absolute Gasteiger partial charge is 0.291 e. The van der Waals surface area contributed by atoms with E-state index in [-0.39, 0.29) is 16.6 Å². The highest BCUT2D eigenvalue weighted by Crippen LogP contribution is 2.32. The van der Waals surface area contributed by atoms with Crippen LogP contribution in [0, 0.1) is 11.6 Å². The van der Waals surface area contributed by atoms with Gasteiger partial charge in [-0.3, -0.25) is 4.57 Å². The molecule has 0 bridgehead atoms. The highest BCUT2D eigenvalue weighted by Gasteiger charge is 2.18. The molecule has 0 N–H and O–H groups in total. The molecule has 0 aliphatic heterocycles. The molecule has 21 heavy (non-hydrogen) atoms. The molecule has 3 aromatic rings. The van der Waals surface area contributed by atoms with Crippen molar-refractivity contribution in [3.63, 3.8) is 0 Å². The average molecular weight is 392 g/mol. The van der Waals surface area contributed by atoms with Crippen molar-refractivity contribution in [2.45, 2.75) is 5.88 Å². The zero-order valence-electron chi connectivity index (χ0n) is 10.4. The maximum absolute atomic E-state index is 14.2. The average Bonchev–Trinajstić information content (AvgIpc) is 2.77. The lowest BCUT2D eigenvalue weighted by molar-refractivity contribution is 0.616. The van der Waals surface area contributed by atoms with E-state index < -0.39 is 11.6 Å². The molecule has 0 spiro atoms. The minimum Gasteiger partial charge on any atom is -0.291 e. The number of nitrogens with zero attached hydrogens (tertiary/aromatic N) is 2. The fourth-order valence-corrected chi connectivity index (χ4v) is 3.02. The van der Waals surface area contributed by atoms with Crippen LogP contribution in [-0.2, 0) is 5.88 Å². The Labute approximate surface area is 137 Å². The van der Waals surface area contributed by atoms with Crippen LogP contribution in [-0.4, -0.2) is 9.55 Å². The fourth-order valence-electron chi connectivity index (χ4n) is 2.16. The Kier molecular flexibility index (Phi) is 3.90. The van der Waals surface area contributed by atoms with Gasteiger partial charge < -0.3 is 0 Å². The van der Waals surface area contributed by atoms with Crippen molar-refractivity contribution in [2.75, 3.05) is 0 Å². The monoisotopic (exact) mass is 390 g/mol. The van der Waals surface area contributed by atoms with Gasteiger partial charge in [0.15, 0.2) is 0 Å². The predicted molar refractivity (Wildman–Crippen MR) is 83.3 cm³/mol. The summed E-state index contributed by atoms with van der Waals surface area (Å²) in [4.78, 5) is 4.24. The van der Waals surface area contributed by atoms with Crippen molar-refractivity contribution in [3.05, 3.63) is 57.3 Å². The molecule has 0 amide bonds. The van der Waals surface area contributed by atoms with Gasteiger partial charge in [0, 0.05) is 10.5 Å². The number of rotatable bonds is 2. The van der Waals surface area contributed by atoms with Crippen LogP contribution in [0.15, 0.2) is 34.8 Å². The van der Waals surface area contributed by atoms with Crippen LogP contribution >= 0.6 is 39.1 Å². The number of aromatic nitrogens is 2. The van der Waals surface area contributed by atoms with Crippen molar-refractivity contribution >= 4 is 50.2 Å². The Morgan fingerprint density at radius 1 is 1.19 bits per heavy atom. The van der Waals surface area contributed by atoms with Crippen LogP contribution in [0.1, 0.15) is 5.82 Å². The van der Waals surface area contributed by atoms with E-state index in [1.54, 1.807) is 12.1 Å². The smallest absolute Gasteiger partial charge is 0.148 e. The second kappa shape index (κ2) is 5.55. The molecule has 7 heteroatoms. The van der Waals surface area contributed by atoms with Gasteiger partial charge in [0.1, 0.15) is 17.5 Å². The maximum Gasteiger partial charge on any atom is 0.148 e. The van der Waals surface area contributed by atoms with Gasteiger partial charge in [0.25, 0.3) is 0 Å². The summed E-state index contributed by atoms with van der Waals surface area (Å²) in [6.07, 6.45) is 0. The topological polar surface area (TPSA) is 17.8 Å². The lowest BCUT2D eigenvalue weighted by Crippen LogP contribution is -2.03. The molecule has 0 aliphatic carbocycles. The minimum absolute atomic E-state index is 0.0503. The number of hydrogen-bond acceptors (Lipinski definition) is 1. The van der Waals surface area contributed by atoms with E-state index >= 15 is 0 Å². The molecule has 0 fully saturated rings. The lowest BCUT2D eigenvalue weighted by Gasteiger charge is -2.11. The summed E-state index contributed by atoms with van der Waals surface area (Å²) in [5, 5.41) is -0.0581. The van der Waals surface area contributed by atoms with Crippen molar-refractivity contribution in [1.82, 2.24) is 9.55 Å². The highest BCUT2D eigenvalue weighted by molar-refractivity contribution is 9.10. The van der Waals surface area contributed by atoms with Crippen LogP contribution in [0.2, 0.25) is 5.02 Å². The fraction of sp³-hybridized carbons (Fsp3) is 0.0714. The Hall–Kier alpha value is -1.17. The molecule has 0 unspecified atom stereocenters. The molecule has 0 atom stereocenters. The molecular weight excluding hydrogens is 385 g/mol. The van der Waals surface area contributed by atoms with Gasteiger partial charge in [-0.15, -0.1) is 11.6 Å². The van der Waals surface area contributed by atoms with Crippen molar-refractivity contribution in [2.24, 2.45) is 0 Å². The summed E-state index contributed by atoms with van der Waals surface area (Å²) in [5.41, 5.74) is 1.11. The number of halogens is 5. The van der Waals surface area contributed by atoms with E-state index in [1.165, 1.54) is 22.8 Å². The number of alkyl halides is 1. The summed E-state index contributed by atoms with van der Waals surface area (Å²) < 4.78 is 29.8. The first-order valence-electron chi connectivity index (χ1n) is 5.89. The number of imidazole rings is 1. The normalized spacial score (nSPS) is 11.3. The molecule has 108 valence electrons. The van der Waals surface area contributed by atoms with E-state index in [2.05, 4.69) is 20.9 Å². The predicted octanol–water partition coefficient (Wildman–Crippen LogP) is 5.46. The third-order valence-corrected chi connectivity index (χ3v) is 4.22. The first-order chi connectivity index (χ1) is 10.0. The van der Waals surface area contributed by atoms with Gasteiger partial charge >= 0.3 is 0 Å². The Bertz CT molecular complexity index is 828. The van der Waals surface area contributed by atoms with Crippen LogP contribution in [0.3, 0.4) is 0 Å². The summed E-state index contributed by atoms with van der Waals surface area (Å²) in [6.45, 7) is 0. The van der Waals surface area contributed by atoms with E-state index in [4.69, 9.17) is 23.2 Å². The molecule has 3 rings (SSSR count). The van der Waals surface area contributed by atoms with Crippen LogP contribution in [0.5, 0.6) is 0 Å². The van der Waals surface area contributed by atoms with E-state index in [1.807, 2.05) is 0 Å². The van der Waals surface area contributed by atoms with Crippen molar-refractivity contribution < 1.29 is 8.78 Å². The zero-order valence-corrected chi connectivity index (χ0v) is 13.5. The van der Waals surface area contributed by atoms with Gasteiger partial charge in [-0.25, -0.2) is 13.8 Å². The second-order valence-electron chi connectivity index (χ2n) is 4.32. The SMILES string of the molecule is Fc1cc2nc(CCl)n(-c3c(F)cccc3Br)c2cc1Cl. The van der Waals surface area contributed by atoms with Crippen LogP contribution in [0.4, 0.5) is 8.78 Å². The zero-order chi connectivity index (χ0) is 15.1. The Balaban J connectivity index is 2.43. The second-order valence-corrected chi connectivity index (χ2v) is 5.85. The van der Waals surface area contributed by atoms with Crippen molar-refractivity contribution in [3.8, 4) is 5.69 Å². The molecule has 1 heterocycles. The summed E-state index contributed by atoms with van der Waals surface area (Å²) >= 11 is 15.0. The molecule has 2 aromatic carbocycles. The quantitative estimate of drug-likeness (QED) is 0.530. The molecule has 1 aromatic heterocycles. The summed E-state index contributed by atoms with van der Waals surface area (Å²) in [7, 11) is 0. The molecular formula is C14H7BrCl2F2N2. The van der Waals surface area contributed by atoms with Gasteiger partial charge in [0.2, 0.25) is 0 Å². The van der Waals surface area contributed by atoms with E-state index in [0.29, 0.717) is 21.3 Å².